The van der Waals surface area contributed by atoms with E-state index < -0.39 is 0 Å². The van der Waals surface area contributed by atoms with Gasteiger partial charge < -0.3 is 5.32 Å². The average Bonchev–Trinajstić information content (AvgIpc) is 2.16. The van der Waals surface area contributed by atoms with E-state index in [1.165, 1.54) is 0 Å². The minimum atomic E-state index is 0.711. The highest BCUT2D eigenvalue weighted by molar-refractivity contribution is 5.77. The molecule has 0 aromatic heterocycles. The van der Waals surface area contributed by atoms with Crippen LogP contribution in [0.4, 0.5) is 0 Å². The first-order valence-electron chi connectivity index (χ1n) is 4.54. The minimum Gasteiger partial charge on any atom is -0.368 e. The van der Waals surface area contributed by atoms with Gasteiger partial charge in [0.05, 0.1) is 0 Å². The van der Waals surface area contributed by atoms with Crippen molar-refractivity contribution < 1.29 is 4.79 Å². The van der Waals surface area contributed by atoms with Gasteiger partial charge in [-0.05, 0) is 18.7 Å². The molecule has 0 aliphatic rings. The van der Waals surface area contributed by atoms with Crippen molar-refractivity contribution in [3.05, 3.63) is 36.7 Å². The van der Waals surface area contributed by atoms with E-state index in [-0.39, 0.29) is 0 Å². The molecule has 0 aliphatic carbocycles. The van der Waals surface area contributed by atoms with Gasteiger partial charge in [-0.15, -0.1) is 0 Å². The summed E-state index contributed by atoms with van der Waals surface area (Å²) in [5.74, 6) is 0. The van der Waals surface area contributed by atoms with Gasteiger partial charge in [0.15, 0.2) is 0 Å². The number of rotatable bonds is 7. The lowest BCUT2D eigenvalue weighted by molar-refractivity contribution is -0.104. The second kappa shape index (κ2) is 8.78. The van der Waals surface area contributed by atoms with Crippen molar-refractivity contribution in [2.45, 2.75) is 26.2 Å². The minimum absolute atomic E-state index is 0.711. The zero-order valence-electron chi connectivity index (χ0n) is 8.12. The van der Waals surface area contributed by atoms with Gasteiger partial charge >= 0.3 is 0 Å². The second-order valence-corrected chi connectivity index (χ2v) is 2.67. The van der Waals surface area contributed by atoms with Crippen LogP contribution >= 0.6 is 0 Å². The van der Waals surface area contributed by atoms with E-state index in [1.54, 1.807) is 18.5 Å². The Labute approximate surface area is 80.0 Å². The molecule has 2 nitrogen and oxygen atoms in total. The summed E-state index contributed by atoms with van der Waals surface area (Å²) >= 11 is 0. The third kappa shape index (κ3) is 7.06. The number of allylic oxidation sites excluding steroid dienone is 3. The fourth-order valence-electron chi connectivity index (χ4n) is 0.841. The van der Waals surface area contributed by atoms with Gasteiger partial charge in [0.1, 0.15) is 6.29 Å². The van der Waals surface area contributed by atoms with Crippen LogP contribution in [0.2, 0.25) is 0 Å². The second-order valence-electron chi connectivity index (χ2n) is 2.67. The molecule has 0 saturated carbocycles. The van der Waals surface area contributed by atoms with Crippen LogP contribution in [0.5, 0.6) is 0 Å². The maximum atomic E-state index is 10.5. The lowest BCUT2D eigenvalue weighted by Crippen LogP contribution is -1.90. The Kier molecular flexibility index (Phi) is 7.90. The Bertz CT molecular complexity index is 204. The summed E-state index contributed by atoms with van der Waals surface area (Å²) in [5, 5.41) is 2.79. The molecule has 1 N–H and O–H groups in total. The molecule has 0 aliphatic heterocycles. The number of unbranched alkanes of at least 4 members (excludes halogenated alkanes) is 2. The third-order valence-electron chi connectivity index (χ3n) is 1.56. The van der Waals surface area contributed by atoms with Crippen LogP contribution in [-0.2, 0) is 4.79 Å². The Hall–Kier alpha value is -1.31. The number of aldehydes is 1. The van der Waals surface area contributed by atoms with E-state index >= 15 is 0 Å². The molecule has 0 rings (SSSR count). The summed E-state index contributed by atoms with van der Waals surface area (Å²) in [4.78, 5) is 10.5. The Balaban J connectivity index is 3.92. The fourth-order valence-corrected chi connectivity index (χ4v) is 0.841. The van der Waals surface area contributed by atoms with E-state index in [0.29, 0.717) is 5.57 Å². The van der Waals surface area contributed by atoms with Crippen LogP contribution in [0.3, 0.4) is 0 Å². The highest BCUT2D eigenvalue weighted by Gasteiger charge is 1.87. The van der Waals surface area contributed by atoms with Gasteiger partial charge in [-0.1, -0.05) is 32.4 Å². The molecule has 0 amide bonds. The van der Waals surface area contributed by atoms with E-state index in [4.69, 9.17) is 0 Å². The molecule has 0 atom stereocenters. The van der Waals surface area contributed by atoms with Crippen LogP contribution in [0.25, 0.3) is 0 Å². The van der Waals surface area contributed by atoms with Crippen LogP contribution in [0.15, 0.2) is 36.7 Å². The molecule has 0 radical (unpaired) electrons. The number of carbonyl (C=O) groups excluding carboxylic acids is 1. The maximum Gasteiger partial charge on any atom is 0.149 e. The Morgan fingerprint density at radius 1 is 1.54 bits per heavy atom. The summed E-state index contributed by atoms with van der Waals surface area (Å²) in [6, 6.07) is 0. The molecule has 0 saturated heterocycles. The Morgan fingerprint density at radius 2 is 2.31 bits per heavy atom. The molecule has 0 heterocycles. The van der Waals surface area contributed by atoms with Crippen LogP contribution < -0.4 is 5.32 Å². The molecular weight excluding hydrogens is 162 g/mol. The van der Waals surface area contributed by atoms with Crippen LogP contribution in [-0.4, -0.2) is 6.29 Å². The normalized spacial score (nSPS) is 11.6. The van der Waals surface area contributed by atoms with Gasteiger partial charge in [0.25, 0.3) is 0 Å². The number of hydrogen-bond donors (Lipinski definition) is 1. The van der Waals surface area contributed by atoms with E-state index in [9.17, 15) is 4.79 Å². The lowest BCUT2D eigenvalue weighted by Gasteiger charge is -1.92. The lowest BCUT2D eigenvalue weighted by atomic mass is 10.2. The monoisotopic (exact) mass is 179 g/mol. The fraction of sp³-hybridized carbons (Fsp3) is 0.364. The molecule has 13 heavy (non-hydrogen) atoms. The van der Waals surface area contributed by atoms with Crippen molar-refractivity contribution in [2.24, 2.45) is 0 Å². The smallest absolute Gasteiger partial charge is 0.149 e. The summed E-state index contributed by atoms with van der Waals surface area (Å²) in [7, 11) is 0. The number of carbonyl (C=O) groups is 1. The zero-order chi connectivity index (χ0) is 9.94. The predicted molar refractivity (Wildman–Crippen MR) is 56.1 cm³/mol. The molecule has 0 aromatic rings. The van der Waals surface area contributed by atoms with E-state index in [0.717, 1.165) is 25.5 Å². The standard InChI is InChI=1S/C11H17NO/c1-3-5-6-7-11(10-13)8-9-12-4-2/h4,7-10,12H,2-3,5-6H2,1H3/b9-8-,11-7+. The summed E-state index contributed by atoms with van der Waals surface area (Å²) in [5.41, 5.74) is 0.711. The molecule has 2 heteroatoms. The molecule has 72 valence electrons. The van der Waals surface area contributed by atoms with Gasteiger partial charge in [-0.25, -0.2) is 0 Å². The molecule has 0 bridgehead atoms. The van der Waals surface area contributed by atoms with Crippen molar-refractivity contribution in [1.29, 1.82) is 0 Å². The molecule has 0 spiro atoms. The average molecular weight is 179 g/mol. The van der Waals surface area contributed by atoms with Gasteiger partial charge in [-0.3, -0.25) is 4.79 Å². The van der Waals surface area contributed by atoms with Crippen molar-refractivity contribution in [1.82, 2.24) is 5.32 Å². The van der Waals surface area contributed by atoms with Crippen molar-refractivity contribution in [3.8, 4) is 0 Å². The zero-order valence-corrected chi connectivity index (χ0v) is 8.12. The first-order valence-corrected chi connectivity index (χ1v) is 4.54. The van der Waals surface area contributed by atoms with E-state index in [1.807, 2.05) is 6.08 Å². The van der Waals surface area contributed by atoms with Crippen molar-refractivity contribution in [2.75, 3.05) is 0 Å². The largest absolute Gasteiger partial charge is 0.368 e. The van der Waals surface area contributed by atoms with Gasteiger partial charge in [-0.2, -0.15) is 0 Å². The van der Waals surface area contributed by atoms with Crippen LogP contribution in [0, 0.1) is 0 Å². The molecular formula is C11H17NO. The third-order valence-corrected chi connectivity index (χ3v) is 1.56. The molecule has 0 aromatic carbocycles. The predicted octanol–water partition coefficient (Wildman–Crippen LogP) is 2.55. The highest BCUT2D eigenvalue weighted by atomic mass is 16.1. The summed E-state index contributed by atoms with van der Waals surface area (Å²) in [6.45, 7) is 5.62. The number of hydrogen-bond acceptors (Lipinski definition) is 2. The van der Waals surface area contributed by atoms with Crippen molar-refractivity contribution >= 4 is 6.29 Å². The first-order chi connectivity index (χ1) is 6.35. The van der Waals surface area contributed by atoms with Crippen LogP contribution in [0.1, 0.15) is 26.2 Å². The van der Waals surface area contributed by atoms with Gasteiger partial charge in [0, 0.05) is 11.8 Å². The SMILES string of the molecule is C=CN/C=C\C(C=O)=C/CCCC. The quantitative estimate of drug-likeness (QED) is 0.281. The summed E-state index contributed by atoms with van der Waals surface area (Å²) in [6.07, 6.45) is 11.0. The maximum absolute atomic E-state index is 10.5. The number of nitrogens with one attached hydrogen (secondary N) is 1. The van der Waals surface area contributed by atoms with E-state index in [2.05, 4.69) is 18.8 Å². The van der Waals surface area contributed by atoms with Crippen molar-refractivity contribution in [3.63, 3.8) is 0 Å². The molecule has 0 fully saturated rings. The Morgan fingerprint density at radius 3 is 2.85 bits per heavy atom. The first kappa shape index (κ1) is 11.7. The molecule has 0 unspecified atom stereocenters. The topological polar surface area (TPSA) is 29.1 Å². The highest BCUT2D eigenvalue weighted by Crippen LogP contribution is 2.00. The summed E-state index contributed by atoms with van der Waals surface area (Å²) < 4.78 is 0. The van der Waals surface area contributed by atoms with Gasteiger partial charge in [0.2, 0.25) is 0 Å².